The molecule has 0 atom stereocenters. The first-order valence-electron chi connectivity index (χ1n) is 4.94. The summed E-state index contributed by atoms with van der Waals surface area (Å²) < 4.78 is 5.30. The van der Waals surface area contributed by atoms with Crippen LogP contribution < -0.4 is 4.90 Å². The quantitative estimate of drug-likeness (QED) is 0.578. The van der Waals surface area contributed by atoms with Crippen LogP contribution in [0, 0.1) is 0 Å². The molecule has 0 radical (unpaired) electrons. The Bertz CT molecular complexity index is 353. The summed E-state index contributed by atoms with van der Waals surface area (Å²) in [5.41, 5.74) is 0. The predicted molar refractivity (Wildman–Crippen MR) is 62.4 cm³/mol. The van der Waals surface area contributed by atoms with Crippen molar-refractivity contribution in [3.63, 3.8) is 0 Å². The van der Waals surface area contributed by atoms with Crippen LogP contribution in [0.1, 0.15) is 4.88 Å². The van der Waals surface area contributed by atoms with Gasteiger partial charge in [-0.1, -0.05) is 0 Å². The van der Waals surface area contributed by atoms with E-state index in [0.717, 1.165) is 37.5 Å². The van der Waals surface area contributed by atoms with Gasteiger partial charge in [-0.2, -0.15) is 0 Å². The number of rotatable bonds is 3. The lowest BCUT2D eigenvalue weighted by atomic mass is 10.4. The van der Waals surface area contributed by atoms with Crippen LogP contribution in [0.15, 0.2) is 18.2 Å². The van der Waals surface area contributed by atoms with Gasteiger partial charge in [-0.3, -0.25) is 4.79 Å². The number of hydrogen-bond donors (Lipinski definition) is 0. The predicted octanol–water partition coefficient (Wildman–Crippen LogP) is 1.80. The number of morpholine rings is 1. The molecule has 4 heteroatoms. The zero-order valence-corrected chi connectivity index (χ0v) is 9.20. The Morgan fingerprint density at radius 1 is 1.33 bits per heavy atom. The maximum absolute atomic E-state index is 10.2. The van der Waals surface area contributed by atoms with Crippen LogP contribution in [-0.2, 0) is 9.53 Å². The van der Waals surface area contributed by atoms with E-state index in [1.165, 1.54) is 11.1 Å². The van der Waals surface area contributed by atoms with E-state index in [0.29, 0.717) is 0 Å². The van der Waals surface area contributed by atoms with Crippen molar-refractivity contribution in [2.24, 2.45) is 0 Å². The van der Waals surface area contributed by atoms with Gasteiger partial charge in [0.25, 0.3) is 0 Å². The van der Waals surface area contributed by atoms with Gasteiger partial charge in [-0.25, -0.2) is 0 Å². The van der Waals surface area contributed by atoms with Gasteiger partial charge in [0, 0.05) is 18.0 Å². The Balaban J connectivity index is 2.05. The lowest BCUT2D eigenvalue weighted by Gasteiger charge is -2.27. The van der Waals surface area contributed by atoms with Crippen molar-refractivity contribution >= 4 is 28.7 Å². The van der Waals surface area contributed by atoms with Gasteiger partial charge in [-0.15, -0.1) is 11.3 Å². The molecule has 1 aliphatic rings. The summed E-state index contributed by atoms with van der Waals surface area (Å²) in [7, 11) is 0. The molecule has 0 bridgehead atoms. The van der Waals surface area contributed by atoms with Crippen LogP contribution in [0.25, 0.3) is 6.08 Å². The van der Waals surface area contributed by atoms with Crippen molar-refractivity contribution in [1.82, 2.24) is 0 Å². The highest BCUT2D eigenvalue weighted by molar-refractivity contribution is 7.16. The average Bonchev–Trinajstić information content (AvgIpc) is 2.76. The molecule has 2 heterocycles. The number of ether oxygens (including phenoxy) is 1. The molecule has 1 saturated heterocycles. The van der Waals surface area contributed by atoms with Gasteiger partial charge in [-0.05, 0) is 24.3 Å². The highest BCUT2D eigenvalue weighted by Gasteiger charge is 2.12. The molecule has 0 aliphatic carbocycles. The summed E-state index contributed by atoms with van der Waals surface area (Å²) in [6, 6.07) is 4.13. The number of thiophene rings is 1. The molecule has 1 aromatic rings. The second-order valence-electron chi connectivity index (χ2n) is 3.27. The van der Waals surface area contributed by atoms with E-state index in [1.54, 1.807) is 11.3 Å². The summed E-state index contributed by atoms with van der Waals surface area (Å²) in [6.45, 7) is 3.52. The molecule has 0 N–H and O–H groups in total. The van der Waals surface area contributed by atoms with Crippen molar-refractivity contribution in [1.29, 1.82) is 0 Å². The fourth-order valence-corrected chi connectivity index (χ4v) is 2.49. The molecule has 0 aromatic carbocycles. The lowest BCUT2D eigenvalue weighted by Crippen LogP contribution is -2.35. The van der Waals surface area contributed by atoms with E-state index in [-0.39, 0.29) is 0 Å². The molecule has 0 spiro atoms. The van der Waals surface area contributed by atoms with Crippen molar-refractivity contribution in [2.45, 2.75) is 0 Å². The third-order valence-corrected chi connectivity index (χ3v) is 3.39. The zero-order valence-electron chi connectivity index (χ0n) is 8.39. The normalized spacial score (nSPS) is 17.2. The van der Waals surface area contributed by atoms with Crippen molar-refractivity contribution in [3.8, 4) is 0 Å². The molecule has 0 amide bonds. The van der Waals surface area contributed by atoms with E-state index < -0.39 is 0 Å². The lowest BCUT2D eigenvalue weighted by molar-refractivity contribution is -0.104. The van der Waals surface area contributed by atoms with Crippen LogP contribution >= 0.6 is 11.3 Å². The van der Waals surface area contributed by atoms with E-state index in [4.69, 9.17) is 4.74 Å². The molecule has 3 nitrogen and oxygen atoms in total. The maximum Gasteiger partial charge on any atom is 0.142 e. The van der Waals surface area contributed by atoms with Crippen LogP contribution in [0.5, 0.6) is 0 Å². The van der Waals surface area contributed by atoms with Crippen LogP contribution in [-0.4, -0.2) is 32.6 Å². The Kier molecular flexibility index (Phi) is 3.53. The molecule has 15 heavy (non-hydrogen) atoms. The van der Waals surface area contributed by atoms with E-state index in [2.05, 4.69) is 11.0 Å². The smallest absolute Gasteiger partial charge is 0.142 e. The number of allylic oxidation sites excluding steroid dienone is 1. The number of nitrogens with zero attached hydrogens (tertiary/aromatic N) is 1. The van der Waals surface area contributed by atoms with Crippen molar-refractivity contribution in [3.05, 3.63) is 23.1 Å². The van der Waals surface area contributed by atoms with Crippen LogP contribution in [0.3, 0.4) is 0 Å². The molecule has 0 unspecified atom stereocenters. The van der Waals surface area contributed by atoms with Gasteiger partial charge >= 0.3 is 0 Å². The summed E-state index contributed by atoms with van der Waals surface area (Å²) >= 11 is 1.70. The number of aldehydes is 1. The number of carbonyl (C=O) groups excluding carboxylic acids is 1. The maximum atomic E-state index is 10.2. The third-order valence-electron chi connectivity index (χ3n) is 2.27. The number of hydrogen-bond acceptors (Lipinski definition) is 4. The first-order chi connectivity index (χ1) is 7.40. The van der Waals surface area contributed by atoms with E-state index >= 15 is 0 Å². The second kappa shape index (κ2) is 5.09. The Hall–Kier alpha value is -1.13. The summed E-state index contributed by atoms with van der Waals surface area (Å²) in [5, 5.41) is 1.25. The SMILES string of the molecule is O=CC=Cc1ccc(N2CCOCC2)s1. The Morgan fingerprint density at radius 2 is 2.13 bits per heavy atom. The van der Waals surface area contributed by atoms with E-state index in [9.17, 15) is 4.79 Å². The van der Waals surface area contributed by atoms with Gasteiger partial charge in [0.15, 0.2) is 0 Å². The fourth-order valence-electron chi connectivity index (χ4n) is 1.52. The summed E-state index contributed by atoms with van der Waals surface area (Å²) in [5.74, 6) is 0. The third kappa shape index (κ3) is 2.67. The summed E-state index contributed by atoms with van der Waals surface area (Å²) in [4.78, 5) is 13.6. The largest absolute Gasteiger partial charge is 0.378 e. The molecular weight excluding hydrogens is 210 g/mol. The minimum Gasteiger partial charge on any atom is -0.378 e. The van der Waals surface area contributed by atoms with Crippen LogP contribution in [0.2, 0.25) is 0 Å². The molecule has 1 fully saturated rings. The highest BCUT2D eigenvalue weighted by Crippen LogP contribution is 2.27. The monoisotopic (exact) mass is 223 g/mol. The molecule has 2 rings (SSSR count). The van der Waals surface area contributed by atoms with Crippen molar-refractivity contribution < 1.29 is 9.53 Å². The van der Waals surface area contributed by atoms with Gasteiger partial charge < -0.3 is 9.64 Å². The van der Waals surface area contributed by atoms with Gasteiger partial charge in [0.05, 0.1) is 18.2 Å². The van der Waals surface area contributed by atoms with Gasteiger partial charge in [0.1, 0.15) is 6.29 Å². The molecule has 1 aliphatic heterocycles. The minimum absolute atomic E-state index is 0.800. The van der Waals surface area contributed by atoms with Gasteiger partial charge in [0.2, 0.25) is 0 Å². The average molecular weight is 223 g/mol. The fraction of sp³-hybridized carbons (Fsp3) is 0.364. The standard InChI is InChI=1S/C11H13NO2S/c13-7-1-2-10-3-4-11(15-10)12-5-8-14-9-6-12/h1-4,7H,5-6,8-9H2. The number of carbonyl (C=O) groups is 1. The molecule has 1 aromatic heterocycles. The minimum atomic E-state index is 0.800. The first kappa shape index (κ1) is 10.4. The highest BCUT2D eigenvalue weighted by atomic mass is 32.1. The zero-order chi connectivity index (χ0) is 10.5. The Morgan fingerprint density at radius 3 is 2.87 bits per heavy atom. The van der Waals surface area contributed by atoms with Crippen LogP contribution in [0.4, 0.5) is 5.00 Å². The topological polar surface area (TPSA) is 29.5 Å². The Labute approximate surface area is 93.0 Å². The second-order valence-corrected chi connectivity index (χ2v) is 4.36. The van der Waals surface area contributed by atoms with Crippen molar-refractivity contribution in [2.75, 3.05) is 31.2 Å². The van der Waals surface area contributed by atoms with E-state index in [1.807, 2.05) is 12.1 Å². The number of anilines is 1. The molecule has 0 saturated carbocycles. The molecular formula is C11H13NO2S. The first-order valence-corrected chi connectivity index (χ1v) is 5.76. The summed E-state index contributed by atoms with van der Waals surface area (Å²) in [6.07, 6.45) is 4.16. The molecule has 80 valence electrons.